The van der Waals surface area contributed by atoms with Crippen LogP contribution in [-0.2, 0) is 22.5 Å². The Morgan fingerprint density at radius 2 is 2.09 bits per heavy atom. The highest BCUT2D eigenvalue weighted by Crippen LogP contribution is 2.14. The number of methoxy groups -OCH3 is 1. The van der Waals surface area contributed by atoms with E-state index in [0.29, 0.717) is 29.5 Å². The molecule has 1 amide bonds. The van der Waals surface area contributed by atoms with Gasteiger partial charge in [-0.3, -0.25) is 4.79 Å². The first kappa shape index (κ1) is 17.7. The number of carbonyl (C=O) groups excluding carboxylic acids is 1. The van der Waals surface area contributed by atoms with Crippen LogP contribution in [0.25, 0.3) is 0 Å². The van der Waals surface area contributed by atoms with Crippen molar-refractivity contribution in [3.8, 4) is 0 Å². The van der Waals surface area contributed by atoms with E-state index < -0.39 is 0 Å². The van der Waals surface area contributed by atoms with Crippen molar-refractivity contribution in [1.29, 1.82) is 0 Å². The van der Waals surface area contributed by atoms with Gasteiger partial charge in [0, 0.05) is 6.42 Å². The first-order valence-corrected chi connectivity index (χ1v) is 7.07. The number of ether oxygens (including phenoxy) is 1. The standard InChI is InChI=1S/C16H23N3O3/c1-7-15-18-14(19-22-15)9-17-16(20)13(12(5)21-6)8-11(4)10(2)3/h8H,5,7,9H2,1-4,6H3,(H,17,20)/b13-8+. The van der Waals surface area contributed by atoms with E-state index >= 15 is 0 Å². The molecular weight excluding hydrogens is 282 g/mol. The van der Waals surface area contributed by atoms with Crippen LogP contribution in [0.5, 0.6) is 0 Å². The predicted molar refractivity (Wildman–Crippen MR) is 83.8 cm³/mol. The quantitative estimate of drug-likeness (QED) is 0.476. The number of rotatable bonds is 7. The van der Waals surface area contributed by atoms with Crippen molar-refractivity contribution < 1.29 is 14.1 Å². The minimum atomic E-state index is -0.296. The molecular formula is C16H23N3O3. The van der Waals surface area contributed by atoms with Crippen LogP contribution in [0.1, 0.15) is 39.4 Å². The smallest absolute Gasteiger partial charge is 0.255 e. The van der Waals surface area contributed by atoms with Crippen LogP contribution in [0.4, 0.5) is 0 Å². The first-order valence-electron chi connectivity index (χ1n) is 7.07. The molecule has 0 aliphatic heterocycles. The minimum Gasteiger partial charge on any atom is -0.497 e. The van der Waals surface area contributed by atoms with Gasteiger partial charge in [0.1, 0.15) is 5.76 Å². The summed E-state index contributed by atoms with van der Waals surface area (Å²) < 4.78 is 10.1. The van der Waals surface area contributed by atoms with Gasteiger partial charge in [-0.2, -0.15) is 4.98 Å². The number of nitrogens with zero attached hydrogens (tertiary/aromatic N) is 2. The summed E-state index contributed by atoms with van der Waals surface area (Å²) in [5.74, 6) is 0.990. The Morgan fingerprint density at radius 1 is 1.41 bits per heavy atom. The number of aromatic nitrogens is 2. The van der Waals surface area contributed by atoms with Gasteiger partial charge >= 0.3 is 0 Å². The molecule has 0 saturated carbocycles. The van der Waals surface area contributed by atoms with Gasteiger partial charge in [-0.05, 0) is 26.8 Å². The maximum Gasteiger partial charge on any atom is 0.255 e. The van der Waals surface area contributed by atoms with E-state index in [1.165, 1.54) is 7.11 Å². The number of allylic oxidation sites excluding steroid dienone is 3. The van der Waals surface area contributed by atoms with Crippen LogP contribution < -0.4 is 5.32 Å². The second-order valence-corrected chi connectivity index (χ2v) is 5.01. The lowest BCUT2D eigenvalue weighted by Gasteiger charge is -2.10. The van der Waals surface area contributed by atoms with Gasteiger partial charge in [-0.15, -0.1) is 0 Å². The third-order valence-electron chi connectivity index (χ3n) is 3.16. The van der Waals surface area contributed by atoms with Crippen molar-refractivity contribution >= 4 is 5.91 Å². The van der Waals surface area contributed by atoms with Gasteiger partial charge in [-0.25, -0.2) is 0 Å². The molecule has 22 heavy (non-hydrogen) atoms. The molecule has 6 nitrogen and oxygen atoms in total. The third kappa shape index (κ3) is 4.87. The lowest BCUT2D eigenvalue weighted by Crippen LogP contribution is -2.26. The fraction of sp³-hybridized carbons (Fsp3) is 0.438. The molecule has 0 aliphatic carbocycles. The predicted octanol–water partition coefficient (Wildman–Crippen LogP) is 2.69. The third-order valence-corrected chi connectivity index (χ3v) is 3.16. The molecule has 1 aromatic rings. The average Bonchev–Trinajstić information content (AvgIpc) is 2.97. The SMILES string of the molecule is C=C(OC)/C(=C\C(C)=C(C)C)C(=O)NCc1noc(CC)n1. The molecule has 1 heterocycles. The Kier molecular flexibility index (Phi) is 6.56. The van der Waals surface area contributed by atoms with Crippen molar-refractivity contribution in [3.05, 3.63) is 46.8 Å². The zero-order valence-corrected chi connectivity index (χ0v) is 13.8. The Morgan fingerprint density at radius 3 is 2.59 bits per heavy atom. The monoisotopic (exact) mass is 305 g/mol. The van der Waals surface area contributed by atoms with Crippen LogP contribution in [-0.4, -0.2) is 23.2 Å². The van der Waals surface area contributed by atoms with Gasteiger partial charge < -0.3 is 14.6 Å². The number of hydrogen-bond donors (Lipinski definition) is 1. The summed E-state index contributed by atoms with van der Waals surface area (Å²) in [7, 11) is 1.48. The Labute approximate surface area is 130 Å². The van der Waals surface area contributed by atoms with Crippen molar-refractivity contribution in [1.82, 2.24) is 15.5 Å². The molecule has 0 radical (unpaired) electrons. The summed E-state index contributed by atoms with van der Waals surface area (Å²) in [6.45, 7) is 11.7. The fourth-order valence-electron chi connectivity index (χ4n) is 1.50. The van der Waals surface area contributed by atoms with Crippen LogP contribution >= 0.6 is 0 Å². The highest BCUT2D eigenvalue weighted by Gasteiger charge is 2.15. The molecule has 120 valence electrons. The Hall–Kier alpha value is -2.37. The number of nitrogens with one attached hydrogen (secondary N) is 1. The van der Waals surface area contributed by atoms with Gasteiger partial charge in [-0.1, -0.05) is 29.8 Å². The summed E-state index contributed by atoms with van der Waals surface area (Å²) in [6, 6.07) is 0. The van der Waals surface area contributed by atoms with Gasteiger partial charge in [0.15, 0.2) is 5.82 Å². The van der Waals surface area contributed by atoms with Gasteiger partial charge in [0.2, 0.25) is 5.89 Å². The van der Waals surface area contributed by atoms with E-state index in [1.54, 1.807) is 6.08 Å². The van der Waals surface area contributed by atoms with Crippen LogP contribution in [0.15, 0.2) is 39.7 Å². The normalized spacial score (nSPS) is 11.0. The largest absolute Gasteiger partial charge is 0.497 e. The molecule has 1 N–H and O–H groups in total. The highest BCUT2D eigenvalue weighted by atomic mass is 16.5. The molecule has 6 heteroatoms. The van der Waals surface area contributed by atoms with Crippen LogP contribution in [0, 0.1) is 0 Å². The van der Waals surface area contributed by atoms with Crippen LogP contribution in [0.3, 0.4) is 0 Å². The van der Waals surface area contributed by atoms with E-state index in [0.717, 1.165) is 11.1 Å². The maximum atomic E-state index is 12.3. The van der Waals surface area contributed by atoms with E-state index in [2.05, 4.69) is 22.0 Å². The van der Waals surface area contributed by atoms with Crippen molar-refractivity contribution in [2.24, 2.45) is 0 Å². The summed E-state index contributed by atoms with van der Waals surface area (Å²) >= 11 is 0. The van der Waals surface area contributed by atoms with Gasteiger partial charge in [0.05, 0.1) is 19.2 Å². The molecule has 1 aromatic heterocycles. The van der Waals surface area contributed by atoms with Crippen molar-refractivity contribution in [3.63, 3.8) is 0 Å². The van der Waals surface area contributed by atoms with E-state index in [9.17, 15) is 4.79 Å². The number of amides is 1. The molecule has 0 aromatic carbocycles. The highest BCUT2D eigenvalue weighted by molar-refractivity contribution is 5.97. The molecule has 0 aliphatic rings. The maximum absolute atomic E-state index is 12.3. The molecule has 0 atom stereocenters. The first-order chi connectivity index (χ1) is 10.4. The summed E-state index contributed by atoms with van der Waals surface area (Å²) in [4.78, 5) is 16.5. The molecule has 0 saturated heterocycles. The lowest BCUT2D eigenvalue weighted by atomic mass is 10.1. The number of carbonyl (C=O) groups is 1. The minimum absolute atomic E-state index is 0.185. The second kappa shape index (κ2) is 8.17. The molecule has 0 fully saturated rings. The number of hydrogen-bond acceptors (Lipinski definition) is 5. The molecule has 0 bridgehead atoms. The fourth-order valence-corrected chi connectivity index (χ4v) is 1.50. The molecule has 0 unspecified atom stereocenters. The molecule has 0 spiro atoms. The summed E-state index contributed by atoms with van der Waals surface area (Å²) in [5, 5.41) is 6.53. The van der Waals surface area contributed by atoms with Crippen molar-refractivity contribution in [2.45, 2.75) is 40.7 Å². The van der Waals surface area contributed by atoms with E-state index in [1.807, 2.05) is 27.7 Å². The topological polar surface area (TPSA) is 77.2 Å². The second-order valence-electron chi connectivity index (χ2n) is 5.01. The lowest BCUT2D eigenvalue weighted by molar-refractivity contribution is -0.117. The zero-order chi connectivity index (χ0) is 16.7. The summed E-state index contributed by atoms with van der Waals surface area (Å²) in [5.41, 5.74) is 2.47. The van der Waals surface area contributed by atoms with E-state index in [-0.39, 0.29) is 12.5 Å². The summed E-state index contributed by atoms with van der Waals surface area (Å²) in [6.07, 6.45) is 2.41. The van der Waals surface area contributed by atoms with Crippen LogP contribution in [0.2, 0.25) is 0 Å². The Bertz CT molecular complexity index is 608. The van der Waals surface area contributed by atoms with E-state index in [4.69, 9.17) is 9.26 Å². The van der Waals surface area contributed by atoms with Gasteiger partial charge in [0.25, 0.3) is 5.91 Å². The average molecular weight is 305 g/mol. The molecule has 1 rings (SSSR count). The Balaban J connectivity index is 2.84. The van der Waals surface area contributed by atoms with Crippen molar-refractivity contribution in [2.75, 3.05) is 7.11 Å². The number of aryl methyl sites for hydroxylation is 1. The zero-order valence-electron chi connectivity index (χ0n) is 13.8.